The van der Waals surface area contributed by atoms with Crippen LogP contribution >= 0.6 is 0 Å². The molecule has 0 amide bonds. The number of aliphatic hydroxyl groups excluding tert-OH is 1. The van der Waals surface area contributed by atoms with Crippen LogP contribution in [0, 0.1) is 0 Å². The van der Waals surface area contributed by atoms with Crippen molar-refractivity contribution in [3.05, 3.63) is 29.8 Å². The Balaban J connectivity index is 1.56. The van der Waals surface area contributed by atoms with Crippen LogP contribution in [0.4, 0.5) is 0 Å². The molecule has 0 saturated carbocycles. The molecule has 0 bridgehead atoms. The molecule has 0 spiro atoms. The third-order valence-corrected chi connectivity index (χ3v) is 4.10. The third kappa shape index (κ3) is 6.77. The topological polar surface area (TPSA) is 51.2 Å². The molecule has 24 heavy (non-hydrogen) atoms. The fourth-order valence-corrected chi connectivity index (χ4v) is 3.04. The van der Waals surface area contributed by atoms with Crippen molar-refractivity contribution < 1.29 is 19.3 Å². The van der Waals surface area contributed by atoms with E-state index in [9.17, 15) is 5.11 Å². The molecule has 1 fully saturated rings. The van der Waals surface area contributed by atoms with E-state index in [0.717, 1.165) is 25.3 Å². The number of rotatable bonds is 9. The maximum Gasteiger partial charge on any atom is 0.119 e. The maximum absolute atomic E-state index is 10.1. The van der Waals surface area contributed by atoms with Gasteiger partial charge in [-0.15, -0.1) is 0 Å². The van der Waals surface area contributed by atoms with Crippen molar-refractivity contribution in [2.24, 2.45) is 0 Å². The van der Waals surface area contributed by atoms with Crippen molar-refractivity contribution in [3.63, 3.8) is 0 Å². The molecule has 136 valence electrons. The van der Waals surface area contributed by atoms with Crippen LogP contribution in [-0.2, 0) is 15.9 Å². The predicted molar refractivity (Wildman–Crippen MR) is 94.6 cm³/mol. The monoisotopic (exact) mass is 337 g/mol. The molecule has 5 nitrogen and oxygen atoms in total. The van der Waals surface area contributed by atoms with E-state index in [4.69, 9.17) is 14.2 Å². The van der Waals surface area contributed by atoms with E-state index in [0.29, 0.717) is 26.4 Å². The van der Waals surface area contributed by atoms with Crippen LogP contribution in [0.15, 0.2) is 24.3 Å². The van der Waals surface area contributed by atoms with Gasteiger partial charge in [-0.1, -0.05) is 19.1 Å². The average Bonchev–Trinajstić information content (AvgIpc) is 2.54. The van der Waals surface area contributed by atoms with Gasteiger partial charge >= 0.3 is 0 Å². The van der Waals surface area contributed by atoms with Gasteiger partial charge < -0.3 is 19.3 Å². The molecule has 2 rings (SSSR count). The number of hydrogen-bond acceptors (Lipinski definition) is 5. The second kappa shape index (κ2) is 9.99. The first-order valence-electron chi connectivity index (χ1n) is 8.92. The van der Waals surface area contributed by atoms with Crippen LogP contribution < -0.4 is 4.74 Å². The second-order valence-corrected chi connectivity index (χ2v) is 6.55. The van der Waals surface area contributed by atoms with Gasteiger partial charge in [0.05, 0.1) is 31.5 Å². The van der Waals surface area contributed by atoms with E-state index < -0.39 is 6.10 Å². The molecule has 1 aromatic rings. The Kier molecular flexibility index (Phi) is 7.99. The Labute approximate surface area is 145 Å². The van der Waals surface area contributed by atoms with Crippen molar-refractivity contribution in [1.82, 2.24) is 4.90 Å². The lowest BCUT2D eigenvalue weighted by atomic mass is 10.2. The lowest BCUT2D eigenvalue weighted by Crippen LogP contribution is -2.48. The first kappa shape index (κ1) is 19.2. The van der Waals surface area contributed by atoms with Crippen LogP contribution in [0.1, 0.15) is 26.3 Å². The van der Waals surface area contributed by atoms with E-state index in [1.165, 1.54) is 5.56 Å². The molecule has 1 aliphatic heterocycles. The summed E-state index contributed by atoms with van der Waals surface area (Å²) in [6.07, 6.45) is 0.984. The van der Waals surface area contributed by atoms with E-state index in [2.05, 4.69) is 37.8 Å². The van der Waals surface area contributed by atoms with Gasteiger partial charge in [0.15, 0.2) is 0 Å². The normalized spacial score (nSPS) is 23.2. The quantitative estimate of drug-likeness (QED) is 0.700. The molecular weight excluding hydrogens is 306 g/mol. The highest BCUT2D eigenvalue weighted by Crippen LogP contribution is 2.13. The minimum absolute atomic E-state index is 0.217. The molecular formula is C19H31NO4. The molecule has 3 atom stereocenters. The molecule has 0 aromatic heterocycles. The number of aliphatic hydroxyl groups is 1. The van der Waals surface area contributed by atoms with Gasteiger partial charge in [-0.25, -0.2) is 0 Å². The summed E-state index contributed by atoms with van der Waals surface area (Å²) < 4.78 is 16.9. The number of nitrogens with zero attached hydrogens (tertiary/aromatic N) is 1. The maximum atomic E-state index is 10.1. The van der Waals surface area contributed by atoms with E-state index >= 15 is 0 Å². The highest BCUT2D eigenvalue weighted by molar-refractivity contribution is 5.27. The lowest BCUT2D eigenvalue weighted by Gasteiger charge is -2.36. The summed E-state index contributed by atoms with van der Waals surface area (Å²) in [4.78, 5) is 2.23. The first-order chi connectivity index (χ1) is 11.6. The molecule has 0 unspecified atom stereocenters. The number of morpholine rings is 1. The lowest BCUT2D eigenvalue weighted by molar-refractivity contribution is -0.0824. The molecule has 1 aromatic carbocycles. The standard InChI is InChI=1S/C19H31NO4/c1-4-17-5-7-19(8-6-17)23-10-9-22-14-18(21)13-20-11-15(2)24-16(3)12-20/h5-8,15-16,18,21H,4,9-14H2,1-3H3/t15-,16-,18-/m1/s1. The number of β-amino-alcohol motifs (C(OH)–C–C–N with tert-alkyl or cyclic N) is 1. The number of ether oxygens (including phenoxy) is 3. The molecule has 0 radical (unpaired) electrons. The largest absolute Gasteiger partial charge is 0.491 e. The van der Waals surface area contributed by atoms with Gasteiger partial charge in [0, 0.05) is 19.6 Å². The SMILES string of the molecule is CCc1ccc(OCCOC[C@H](O)CN2C[C@@H](C)O[C@H](C)C2)cc1. The van der Waals surface area contributed by atoms with Crippen molar-refractivity contribution in [3.8, 4) is 5.75 Å². The van der Waals surface area contributed by atoms with Gasteiger partial charge in [-0.2, -0.15) is 0 Å². The highest BCUT2D eigenvalue weighted by Gasteiger charge is 2.23. The van der Waals surface area contributed by atoms with E-state index in [-0.39, 0.29) is 12.2 Å². The van der Waals surface area contributed by atoms with Crippen molar-refractivity contribution in [2.75, 3.05) is 39.5 Å². The summed E-state index contributed by atoms with van der Waals surface area (Å²) in [6, 6.07) is 8.11. The summed E-state index contributed by atoms with van der Waals surface area (Å²) in [7, 11) is 0. The van der Waals surface area contributed by atoms with Gasteiger partial charge in [0.25, 0.3) is 0 Å². The summed E-state index contributed by atoms with van der Waals surface area (Å²) in [5.74, 6) is 0.854. The Bertz CT molecular complexity index is 455. The van der Waals surface area contributed by atoms with Gasteiger partial charge in [0.1, 0.15) is 12.4 Å². The number of hydrogen-bond donors (Lipinski definition) is 1. The minimum Gasteiger partial charge on any atom is -0.491 e. The fourth-order valence-electron chi connectivity index (χ4n) is 3.04. The van der Waals surface area contributed by atoms with Crippen LogP contribution in [0.2, 0.25) is 0 Å². The molecule has 1 N–H and O–H groups in total. The number of benzene rings is 1. The van der Waals surface area contributed by atoms with E-state index in [1.807, 2.05) is 12.1 Å². The zero-order chi connectivity index (χ0) is 17.4. The van der Waals surface area contributed by atoms with Gasteiger partial charge in [-0.3, -0.25) is 4.90 Å². The Morgan fingerprint density at radius 3 is 2.46 bits per heavy atom. The first-order valence-corrected chi connectivity index (χ1v) is 8.92. The average molecular weight is 337 g/mol. The smallest absolute Gasteiger partial charge is 0.119 e. The summed E-state index contributed by atoms with van der Waals surface area (Å²) in [6.45, 7) is 9.90. The van der Waals surface area contributed by atoms with E-state index in [1.54, 1.807) is 0 Å². The predicted octanol–water partition coefficient (Wildman–Crippen LogP) is 2.11. The van der Waals surface area contributed by atoms with Crippen LogP contribution in [-0.4, -0.2) is 67.8 Å². The van der Waals surface area contributed by atoms with Crippen molar-refractivity contribution >= 4 is 0 Å². The van der Waals surface area contributed by atoms with Gasteiger partial charge in [0.2, 0.25) is 0 Å². The molecule has 5 heteroatoms. The summed E-state index contributed by atoms with van der Waals surface area (Å²) in [5, 5.41) is 10.1. The summed E-state index contributed by atoms with van der Waals surface area (Å²) in [5.41, 5.74) is 1.30. The minimum atomic E-state index is -0.480. The Morgan fingerprint density at radius 2 is 1.83 bits per heavy atom. The Hall–Kier alpha value is -1.14. The van der Waals surface area contributed by atoms with Crippen LogP contribution in [0.5, 0.6) is 5.75 Å². The van der Waals surface area contributed by atoms with Gasteiger partial charge in [-0.05, 0) is 38.0 Å². The third-order valence-electron chi connectivity index (χ3n) is 4.10. The number of aryl methyl sites for hydroxylation is 1. The fraction of sp³-hybridized carbons (Fsp3) is 0.684. The van der Waals surface area contributed by atoms with Crippen molar-refractivity contribution in [2.45, 2.75) is 45.5 Å². The van der Waals surface area contributed by atoms with Crippen molar-refractivity contribution in [1.29, 1.82) is 0 Å². The van der Waals surface area contributed by atoms with Crippen LogP contribution in [0.25, 0.3) is 0 Å². The Morgan fingerprint density at radius 1 is 1.17 bits per heavy atom. The van der Waals surface area contributed by atoms with Crippen LogP contribution in [0.3, 0.4) is 0 Å². The zero-order valence-corrected chi connectivity index (χ0v) is 15.1. The molecule has 1 saturated heterocycles. The zero-order valence-electron chi connectivity index (χ0n) is 15.1. The molecule has 1 heterocycles. The molecule has 0 aliphatic carbocycles. The summed E-state index contributed by atoms with van der Waals surface area (Å²) >= 11 is 0. The second-order valence-electron chi connectivity index (χ2n) is 6.55. The molecule has 1 aliphatic rings. The highest BCUT2D eigenvalue weighted by atomic mass is 16.5.